The fourth-order valence-corrected chi connectivity index (χ4v) is 2.25. The summed E-state index contributed by atoms with van der Waals surface area (Å²) in [7, 11) is 1.19. The second-order valence-electron chi connectivity index (χ2n) is 4.50. The molecule has 5 heteroatoms. The van der Waals surface area contributed by atoms with E-state index in [1.807, 2.05) is 6.07 Å². The van der Waals surface area contributed by atoms with Gasteiger partial charge in [0.1, 0.15) is 11.2 Å². The molecule has 2 rings (SSSR count). The van der Waals surface area contributed by atoms with Gasteiger partial charge in [0.15, 0.2) is 0 Å². The number of hydrogen-bond acceptors (Lipinski definition) is 2. The van der Waals surface area contributed by atoms with E-state index in [4.69, 9.17) is 4.74 Å². The number of allylic oxidation sites excluding steroid dienone is 3. The number of hydrogen-bond donors (Lipinski definition) is 0. The Bertz CT molecular complexity index is 596. The summed E-state index contributed by atoms with van der Waals surface area (Å²) in [6.07, 6.45) is -2.28. The lowest BCUT2D eigenvalue weighted by atomic mass is 9.73. The molecule has 1 aromatic rings. The van der Waals surface area contributed by atoms with Crippen molar-refractivity contribution in [2.24, 2.45) is 0 Å². The molecule has 1 aliphatic rings. The van der Waals surface area contributed by atoms with Crippen molar-refractivity contribution >= 4 is 0 Å². The predicted octanol–water partition coefficient (Wildman–Crippen LogP) is 3.87. The average molecular weight is 279 g/mol. The van der Waals surface area contributed by atoms with Crippen LogP contribution in [-0.2, 0) is 10.2 Å². The highest BCUT2D eigenvalue weighted by Crippen LogP contribution is 2.43. The zero-order valence-electron chi connectivity index (χ0n) is 10.7. The van der Waals surface area contributed by atoms with Crippen molar-refractivity contribution in [3.63, 3.8) is 0 Å². The first-order valence-electron chi connectivity index (χ1n) is 5.93. The number of benzene rings is 1. The van der Waals surface area contributed by atoms with Crippen LogP contribution in [0.3, 0.4) is 0 Å². The lowest BCUT2D eigenvalue weighted by Crippen LogP contribution is -2.30. The molecule has 0 amide bonds. The zero-order chi connectivity index (χ0) is 14.8. The van der Waals surface area contributed by atoms with Crippen LogP contribution in [0.1, 0.15) is 12.0 Å². The smallest absolute Gasteiger partial charge is 0.416 e. The molecular formula is C15H12F3NO. The van der Waals surface area contributed by atoms with Crippen LogP contribution in [0.15, 0.2) is 53.8 Å². The Balaban J connectivity index is 2.51. The first kappa shape index (κ1) is 14.2. The van der Waals surface area contributed by atoms with Gasteiger partial charge in [0, 0.05) is 6.42 Å². The molecule has 0 aliphatic heterocycles. The summed E-state index contributed by atoms with van der Waals surface area (Å²) in [6.45, 7) is 0. The van der Waals surface area contributed by atoms with Crippen molar-refractivity contribution in [1.29, 1.82) is 5.26 Å². The molecule has 1 unspecified atom stereocenters. The Morgan fingerprint density at radius 3 is 2.40 bits per heavy atom. The molecule has 1 aromatic carbocycles. The first-order chi connectivity index (χ1) is 9.43. The number of alkyl halides is 3. The van der Waals surface area contributed by atoms with E-state index < -0.39 is 23.6 Å². The van der Waals surface area contributed by atoms with Crippen molar-refractivity contribution in [3.8, 4) is 6.07 Å². The van der Waals surface area contributed by atoms with Gasteiger partial charge in [-0.25, -0.2) is 0 Å². The molecule has 0 spiro atoms. The Morgan fingerprint density at radius 2 is 1.90 bits per heavy atom. The minimum atomic E-state index is -4.52. The van der Waals surface area contributed by atoms with Crippen LogP contribution in [0, 0.1) is 11.3 Å². The minimum absolute atomic E-state index is 0.237. The molecule has 0 aromatic heterocycles. The molecule has 2 nitrogen and oxygen atoms in total. The van der Waals surface area contributed by atoms with E-state index in [1.54, 1.807) is 30.3 Å². The molecule has 0 saturated heterocycles. The van der Waals surface area contributed by atoms with Crippen LogP contribution in [0.5, 0.6) is 0 Å². The van der Waals surface area contributed by atoms with Crippen molar-refractivity contribution in [2.45, 2.75) is 18.0 Å². The number of ether oxygens (including phenoxy) is 1. The van der Waals surface area contributed by atoms with Gasteiger partial charge >= 0.3 is 6.18 Å². The van der Waals surface area contributed by atoms with Gasteiger partial charge < -0.3 is 4.74 Å². The van der Waals surface area contributed by atoms with Gasteiger partial charge in [0.2, 0.25) is 0 Å². The molecule has 0 radical (unpaired) electrons. The highest BCUT2D eigenvalue weighted by molar-refractivity contribution is 5.46. The van der Waals surface area contributed by atoms with Gasteiger partial charge in [0.25, 0.3) is 0 Å². The molecule has 0 N–H and O–H groups in total. The van der Waals surface area contributed by atoms with Crippen LogP contribution in [0.2, 0.25) is 0 Å². The molecule has 0 bridgehead atoms. The molecule has 0 saturated carbocycles. The Morgan fingerprint density at radius 1 is 1.25 bits per heavy atom. The summed E-state index contributed by atoms with van der Waals surface area (Å²) in [6, 6.07) is 10.5. The van der Waals surface area contributed by atoms with E-state index in [9.17, 15) is 18.4 Å². The zero-order valence-corrected chi connectivity index (χ0v) is 10.7. The maximum atomic E-state index is 13.1. The van der Waals surface area contributed by atoms with E-state index in [0.29, 0.717) is 5.56 Å². The lowest BCUT2D eigenvalue weighted by molar-refractivity contribution is -0.0982. The normalized spacial score (nSPS) is 22.6. The number of nitriles is 1. The summed E-state index contributed by atoms with van der Waals surface area (Å²) < 4.78 is 44.0. The second-order valence-corrected chi connectivity index (χ2v) is 4.50. The molecule has 0 heterocycles. The molecule has 20 heavy (non-hydrogen) atoms. The van der Waals surface area contributed by atoms with E-state index in [0.717, 1.165) is 0 Å². The average Bonchev–Trinajstić information content (AvgIpc) is 2.46. The molecule has 104 valence electrons. The highest BCUT2D eigenvalue weighted by atomic mass is 19.4. The van der Waals surface area contributed by atoms with Gasteiger partial charge in [-0.1, -0.05) is 36.4 Å². The number of methoxy groups -OCH3 is 1. The van der Waals surface area contributed by atoms with Crippen molar-refractivity contribution in [3.05, 3.63) is 59.4 Å². The topological polar surface area (TPSA) is 33.0 Å². The number of rotatable bonds is 2. The maximum absolute atomic E-state index is 13.1. The largest absolute Gasteiger partial charge is 0.496 e. The SMILES string of the molecule is COC1=C(C(F)(F)F)CC(C#N)(c2ccccc2)C=C1. The van der Waals surface area contributed by atoms with E-state index in [2.05, 4.69) is 0 Å². The highest BCUT2D eigenvalue weighted by Gasteiger charge is 2.45. The van der Waals surface area contributed by atoms with Gasteiger partial charge in [-0.05, 0) is 11.6 Å². The molecular weight excluding hydrogens is 267 g/mol. The lowest BCUT2D eigenvalue weighted by Gasteiger charge is -2.30. The summed E-state index contributed by atoms with van der Waals surface area (Å²) >= 11 is 0. The van der Waals surface area contributed by atoms with E-state index in [1.165, 1.54) is 19.3 Å². The quantitative estimate of drug-likeness (QED) is 0.823. The second kappa shape index (κ2) is 5.04. The van der Waals surface area contributed by atoms with Crippen molar-refractivity contribution in [2.75, 3.05) is 7.11 Å². The summed E-state index contributed by atoms with van der Waals surface area (Å²) in [5.41, 5.74) is -1.59. The third-order valence-electron chi connectivity index (χ3n) is 3.32. The van der Waals surface area contributed by atoms with Crippen molar-refractivity contribution < 1.29 is 17.9 Å². The summed E-state index contributed by atoms with van der Waals surface area (Å²) in [5.74, 6) is -0.237. The molecule has 1 atom stereocenters. The standard InChI is InChI=1S/C15H12F3NO/c1-20-13-7-8-14(10-19,9-12(13)15(16,17)18)11-5-3-2-4-6-11/h2-8H,9H2,1H3. The van der Waals surface area contributed by atoms with Gasteiger partial charge in [-0.3, -0.25) is 0 Å². The third-order valence-corrected chi connectivity index (χ3v) is 3.32. The third kappa shape index (κ3) is 2.42. The van der Waals surface area contributed by atoms with Crippen LogP contribution in [-0.4, -0.2) is 13.3 Å². The number of halogens is 3. The molecule has 0 fully saturated rings. The minimum Gasteiger partial charge on any atom is -0.496 e. The Hall–Kier alpha value is -2.22. The predicted molar refractivity (Wildman–Crippen MR) is 67.6 cm³/mol. The van der Waals surface area contributed by atoms with Crippen LogP contribution >= 0.6 is 0 Å². The number of nitrogens with zero attached hydrogens (tertiary/aromatic N) is 1. The van der Waals surface area contributed by atoms with Gasteiger partial charge in [-0.15, -0.1) is 0 Å². The fourth-order valence-electron chi connectivity index (χ4n) is 2.25. The fraction of sp³-hybridized carbons (Fsp3) is 0.267. The van der Waals surface area contributed by atoms with Crippen LogP contribution < -0.4 is 0 Å². The van der Waals surface area contributed by atoms with Gasteiger partial charge in [-0.2, -0.15) is 18.4 Å². The molecule has 1 aliphatic carbocycles. The maximum Gasteiger partial charge on any atom is 0.416 e. The van der Waals surface area contributed by atoms with Crippen LogP contribution in [0.4, 0.5) is 13.2 Å². The summed E-state index contributed by atoms with van der Waals surface area (Å²) in [4.78, 5) is 0. The van der Waals surface area contributed by atoms with Gasteiger partial charge in [0.05, 0.1) is 18.8 Å². The van der Waals surface area contributed by atoms with Crippen molar-refractivity contribution in [1.82, 2.24) is 0 Å². The van der Waals surface area contributed by atoms with E-state index in [-0.39, 0.29) is 5.76 Å². The van der Waals surface area contributed by atoms with E-state index >= 15 is 0 Å². The van der Waals surface area contributed by atoms with Crippen LogP contribution in [0.25, 0.3) is 0 Å². The summed E-state index contributed by atoms with van der Waals surface area (Å²) in [5, 5.41) is 9.41. The Labute approximate surface area is 114 Å². The Kier molecular flexibility index (Phi) is 3.58. The monoisotopic (exact) mass is 279 g/mol. The first-order valence-corrected chi connectivity index (χ1v) is 5.93.